The Labute approximate surface area is 189 Å². The van der Waals surface area contributed by atoms with Crippen LogP contribution in [0.4, 0.5) is 0 Å². The molecule has 4 aliphatic rings. The molecular weight excluding hydrogens is 402 g/mol. The molecule has 2 aliphatic carbocycles. The third-order valence-corrected chi connectivity index (χ3v) is 7.76. The number of hydrogen-bond donors (Lipinski definition) is 2. The smallest absolute Gasteiger partial charge is 0.233 e. The van der Waals surface area contributed by atoms with Gasteiger partial charge in [-0.1, -0.05) is 36.4 Å². The molecule has 0 aromatic heterocycles. The zero-order chi connectivity index (χ0) is 22.2. The lowest BCUT2D eigenvalue weighted by Gasteiger charge is -2.34. The van der Waals surface area contributed by atoms with E-state index in [1.807, 2.05) is 0 Å². The molecule has 0 radical (unpaired) electrons. The second-order valence-electron chi connectivity index (χ2n) is 9.55. The predicted octanol–water partition coefficient (Wildman–Crippen LogP) is 1.41. The second kappa shape index (κ2) is 8.70. The fourth-order valence-corrected chi connectivity index (χ4v) is 5.96. The molecule has 2 fully saturated rings. The van der Waals surface area contributed by atoms with Gasteiger partial charge in [-0.2, -0.15) is 0 Å². The van der Waals surface area contributed by atoms with E-state index in [9.17, 15) is 9.59 Å². The van der Waals surface area contributed by atoms with Gasteiger partial charge < -0.3 is 10.6 Å². The Balaban J connectivity index is 1.08. The van der Waals surface area contributed by atoms with Gasteiger partial charge in [0.05, 0.1) is 11.8 Å². The van der Waals surface area contributed by atoms with Gasteiger partial charge in [-0.15, -0.1) is 0 Å². The lowest BCUT2D eigenvalue weighted by molar-refractivity contribution is -0.140. The summed E-state index contributed by atoms with van der Waals surface area (Å²) in [5, 5.41) is 6.67. The fourth-order valence-electron chi connectivity index (χ4n) is 5.96. The molecule has 5 atom stereocenters. The van der Waals surface area contributed by atoms with E-state index in [2.05, 4.69) is 63.9 Å². The molecule has 170 valence electrons. The predicted molar refractivity (Wildman–Crippen MR) is 124 cm³/mol. The molecule has 2 heterocycles. The number of amides is 2. The SMILES string of the molecule is CN=C(NCCN1C(=O)C2C3C=CC(C3)C2C1=O)NCC(C)N1CCc2ccccc2C1. The number of rotatable bonds is 6. The van der Waals surface area contributed by atoms with E-state index in [0.717, 1.165) is 32.5 Å². The molecule has 1 saturated carbocycles. The summed E-state index contributed by atoms with van der Waals surface area (Å²) >= 11 is 0. The van der Waals surface area contributed by atoms with Crippen LogP contribution in [0.3, 0.4) is 0 Å². The number of carbonyl (C=O) groups excluding carboxylic acids is 2. The lowest BCUT2D eigenvalue weighted by atomic mass is 9.85. The van der Waals surface area contributed by atoms with Gasteiger partial charge in [-0.25, -0.2) is 0 Å². The molecule has 1 saturated heterocycles. The highest BCUT2D eigenvalue weighted by Crippen LogP contribution is 2.52. The van der Waals surface area contributed by atoms with Crippen molar-refractivity contribution in [3.63, 3.8) is 0 Å². The van der Waals surface area contributed by atoms with E-state index in [1.54, 1.807) is 7.05 Å². The topological polar surface area (TPSA) is 77.0 Å². The van der Waals surface area contributed by atoms with Crippen molar-refractivity contribution in [1.29, 1.82) is 0 Å². The molecule has 1 aromatic carbocycles. The minimum Gasteiger partial charge on any atom is -0.355 e. The Hall–Kier alpha value is -2.67. The van der Waals surface area contributed by atoms with Crippen LogP contribution in [0.15, 0.2) is 41.4 Å². The first-order chi connectivity index (χ1) is 15.6. The van der Waals surface area contributed by atoms with E-state index in [1.165, 1.54) is 16.0 Å². The maximum absolute atomic E-state index is 12.8. The molecule has 5 unspecified atom stereocenters. The fraction of sp³-hybridized carbons (Fsp3) is 0.560. The summed E-state index contributed by atoms with van der Waals surface area (Å²) in [6, 6.07) is 9.04. The van der Waals surface area contributed by atoms with Crippen molar-refractivity contribution in [1.82, 2.24) is 20.4 Å². The zero-order valence-corrected chi connectivity index (χ0v) is 19.0. The summed E-state index contributed by atoms with van der Waals surface area (Å²) in [4.78, 5) is 33.9. The highest BCUT2D eigenvalue weighted by molar-refractivity contribution is 6.06. The number of aliphatic imine (C=N–C) groups is 1. The number of fused-ring (bicyclic) bond motifs is 6. The molecule has 32 heavy (non-hydrogen) atoms. The number of hydrogen-bond acceptors (Lipinski definition) is 4. The largest absolute Gasteiger partial charge is 0.355 e. The van der Waals surface area contributed by atoms with Gasteiger partial charge in [0, 0.05) is 45.8 Å². The van der Waals surface area contributed by atoms with Crippen LogP contribution in [0, 0.1) is 23.7 Å². The zero-order valence-electron chi connectivity index (χ0n) is 19.0. The van der Waals surface area contributed by atoms with Crippen LogP contribution in [0.25, 0.3) is 0 Å². The van der Waals surface area contributed by atoms with Crippen LogP contribution >= 0.6 is 0 Å². The minimum atomic E-state index is -0.120. The van der Waals surface area contributed by atoms with Crippen molar-refractivity contribution in [3.05, 3.63) is 47.5 Å². The summed E-state index contributed by atoms with van der Waals surface area (Å²) < 4.78 is 0. The maximum Gasteiger partial charge on any atom is 0.233 e. The first kappa shape index (κ1) is 21.2. The number of carbonyl (C=O) groups is 2. The highest BCUT2D eigenvalue weighted by atomic mass is 16.2. The summed E-state index contributed by atoms with van der Waals surface area (Å²) in [5.41, 5.74) is 2.88. The number of benzene rings is 1. The van der Waals surface area contributed by atoms with Crippen LogP contribution in [-0.2, 0) is 22.6 Å². The average Bonchev–Trinajstić information content (AvgIpc) is 3.50. The van der Waals surface area contributed by atoms with Crippen molar-refractivity contribution in [2.75, 3.05) is 33.2 Å². The summed E-state index contributed by atoms with van der Waals surface area (Å²) in [6.45, 7) is 5.95. The number of likely N-dealkylation sites (tertiary alicyclic amines) is 1. The molecule has 2 N–H and O–H groups in total. The van der Waals surface area contributed by atoms with Crippen LogP contribution in [0.5, 0.6) is 0 Å². The molecule has 2 aliphatic heterocycles. The van der Waals surface area contributed by atoms with Crippen LogP contribution in [-0.4, -0.2) is 66.8 Å². The van der Waals surface area contributed by atoms with E-state index in [4.69, 9.17) is 0 Å². The number of guanidine groups is 1. The van der Waals surface area contributed by atoms with Gasteiger partial charge in [0.1, 0.15) is 0 Å². The monoisotopic (exact) mass is 435 g/mol. The van der Waals surface area contributed by atoms with Gasteiger partial charge in [-0.3, -0.25) is 24.4 Å². The molecule has 2 amide bonds. The number of nitrogens with one attached hydrogen (secondary N) is 2. The van der Waals surface area contributed by atoms with Gasteiger partial charge in [0.2, 0.25) is 11.8 Å². The Morgan fingerprint density at radius 3 is 2.47 bits per heavy atom. The summed E-state index contributed by atoms with van der Waals surface area (Å²) in [7, 11) is 1.75. The Bertz CT molecular complexity index is 927. The third kappa shape index (κ3) is 3.72. The minimum absolute atomic E-state index is 0.0144. The van der Waals surface area contributed by atoms with Crippen LogP contribution in [0.1, 0.15) is 24.5 Å². The van der Waals surface area contributed by atoms with Crippen molar-refractivity contribution in [2.24, 2.45) is 28.7 Å². The first-order valence-corrected chi connectivity index (χ1v) is 11.9. The molecular formula is C25H33N5O2. The average molecular weight is 436 g/mol. The standard InChI is InChI=1S/C25H33N5O2/c1-16(29-11-9-17-5-3-4-6-20(17)15-29)14-28-25(26-2)27-10-12-30-23(31)21-18-7-8-19(13-18)22(21)24(30)32/h3-8,16,18-19,21-22H,9-15H2,1-2H3,(H2,26,27,28). The molecule has 0 spiro atoms. The lowest BCUT2D eigenvalue weighted by Crippen LogP contribution is -2.48. The first-order valence-electron chi connectivity index (χ1n) is 11.9. The third-order valence-electron chi connectivity index (χ3n) is 7.76. The summed E-state index contributed by atoms with van der Waals surface area (Å²) in [6.07, 6.45) is 6.32. The number of allylic oxidation sites excluding steroid dienone is 2. The number of nitrogens with zero attached hydrogens (tertiary/aromatic N) is 3. The molecule has 5 rings (SSSR count). The van der Waals surface area contributed by atoms with Gasteiger partial charge in [-0.05, 0) is 42.7 Å². The van der Waals surface area contributed by atoms with E-state index in [0.29, 0.717) is 25.1 Å². The Morgan fingerprint density at radius 2 is 1.78 bits per heavy atom. The molecule has 7 heteroatoms. The van der Waals surface area contributed by atoms with E-state index >= 15 is 0 Å². The van der Waals surface area contributed by atoms with Crippen LogP contribution < -0.4 is 10.6 Å². The maximum atomic E-state index is 12.8. The molecule has 1 aromatic rings. The van der Waals surface area contributed by atoms with Crippen LogP contribution in [0.2, 0.25) is 0 Å². The molecule has 7 nitrogen and oxygen atoms in total. The van der Waals surface area contributed by atoms with Crippen molar-refractivity contribution in [3.8, 4) is 0 Å². The van der Waals surface area contributed by atoms with Crippen molar-refractivity contribution >= 4 is 17.8 Å². The highest BCUT2D eigenvalue weighted by Gasteiger charge is 2.58. The van der Waals surface area contributed by atoms with Gasteiger partial charge >= 0.3 is 0 Å². The quantitative estimate of drug-likeness (QED) is 0.306. The van der Waals surface area contributed by atoms with Gasteiger partial charge in [0.15, 0.2) is 5.96 Å². The normalized spacial score (nSPS) is 29.9. The molecule has 2 bridgehead atoms. The van der Waals surface area contributed by atoms with Crippen molar-refractivity contribution < 1.29 is 9.59 Å². The number of imide groups is 1. The second-order valence-corrected chi connectivity index (χ2v) is 9.55. The van der Waals surface area contributed by atoms with E-state index in [-0.39, 0.29) is 35.5 Å². The Kier molecular flexibility index (Phi) is 5.76. The van der Waals surface area contributed by atoms with Crippen molar-refractivity contribution in [2.45, 2.75) is 32.4 Å². The summed E-state index contributed by atoms with van der Waals surface area (Å²) in [5.74, 6) is 1.02. The van der Waals surface area contributed by atoms with E-state index < -0.39 is 0 Å². The Morgan fingerprint density at radius 1 is 1.09 bits per heavy atom. The van der Waals surface area contributed by atoms with Gasteiger partial charge in [0.25, 0.3) is 0 Å².